The maximum atomic E-state index is 7.30. The molecule has 100 valence electrons. The van der Waals surface area contributed by atoms with E-state index < -0.39 is 0 Å². The van der Waals surface area contributed by atoms with Crippen LogP contribution in [0, 0.1) is 19.3 Å². The summed E-state index contributed by atoms with van der Waals surface area (Å²) in [7, 11) is 1.67. The van der Waals surface area contributed by atoms with Gasteiger partial charge >= 0.3 is 0 Å². The smallest absolute Gasteiger partial charge is 0.132 e. The molecule has 1 aromatic rings. The minimum atomic E-state index is 0.180. The van der Waals surface area contributed by atoms with E-state index in [0.717, 1.165) is 23.9 Å². The Morgan fingerprint density at radius 3 is 2.67 bits per heavy atom. The molecule has 0 unspecified atom stereocenters. The Balaban J connectivity index is 2.82. The Hall–Kier alpha value is -1.69. The number of aromatic nitrogens is 2. The first kappa shape index (κ1) is 14.4. The predicted molar refractivity (Wildman–Crippen MR) is 72.1 cm³/mol. The van der Waals surface area contributed by atoms with Crippen LogP contribution in [0.4, 0.5) is 5.82 Å². The second kappa shape index (κ2) is 6.90. The summed E-state index contributed by atoms with van der Waals surface area (Å²) in [5, 5.41) is 7.30. The number of methoxy groups -OCH3 is 1. The molecular weight excluding hydrogens is 230 g/mol. The summed E-state index contributed by atoms with van der Waals surface area (Å²) in [4.78, 5) is 10.7. The third-order valence-electron chi connectivity index (χ3n) is 2.49. The molecule has 6 nitrogen and oxygen atoms in total. The highest BCUT2D eigenvalue weighted by molar-refractivity contribution is 5.77. The highest BCUT2D eigenvalue weighted by atomic mass is 16.5. The molecule has 0 aliphatic heterocycles. The molecule has 0 aliphatic rings. The van der Waals surface area contributed by atoms with Crippen molar-refractivity contribution in [2.45, 2.75) is 20.3 Å². The molecule has 0 saturated carbocycles. The number of hydrogen-bond donors (Lipinski definition) is 2. The lowest BCUT2D eigenvalue weighted by Crippen LogP contribution is -2.31. The predicted octanol–water partition coefficient (Wildman–Crippen LogP) is 0.872. The first-order chi connectivity index (χ1) is 8.52. The van der Waals surface area contributed by atoms with Gasteiger partial charge in [0.1, 0.15) is 11.6 Å². The van der Waals surface area contributed by atoms with Gasteiger partial charge in [-0.25, -0.2) is 9.97 Å². The molecule has 6 heteroatoms. The summed E-state index contributed by atoms with van der Waals surface area (Å²) in [6.07, 6.45) is 0.520. The van der Waals surface area contributed by atoms with E-state index in [1.807, 2.05) is 19.9 Å². The van der Waals surface area contributed by atoms with Gasteiger partial charge in [0.15, 0.2) is 0 Å². The van der Waals surface area contributed by atoms with Crippen molar-refractivity contribution >= 4 is 11.7 Å². The average Bonchev–Trinajstić information content (AvgIpc) is 2.27. The SMILES string of the molecule is COCCN(CCC(=N)N)c1cc(C)nc(C)n1. The molecule has 0 aromatic carbocycles. The molecule has 18 heavy (non-hydrogen) atoms. The van der Waals surface area contributed by atoms with Crippen molar-refractivity contribution in [1.82, 2.24) is 9.97 Å². The number of anilines is 1. The maximum Gasteiger partial charge on any atom is 0.132 e. The zero-order chi connectivity index (χ0) is 13.5. The Morgan fingerprint density at radius 1 is 1.39 bits per heavy atom. The summed E-state index contributed by atoms with van der Waals surface area (Å²) >= 11 is 0. The lowest BCUT2D eigenvalue weighted by Gasteiger charge is -2.23. The molecule has 0 radical (unpaired) electrons. The topological polar surface area (TPSA) is 88.1 Å². The Labute approximate surface area is 108 Å². The van der Waals surface area contributed by atoms with E-state index in [-0.39, 0.29) is 5.84 Å². The third-order valence-corrected chi connectivity index (χ3v) is 2.49. The van der Waals surface area contributed by atoms with Crippen LogP contribution >= 0.6 is 0 Å². The molecule has 0 aliphatic carbocycles. The minimum absolute atomic E-state index is 0.180. The van der Waals surface area contributed by atoms with Gasteiger partial charge in [-0.2, -0.15) is 0 Å². The van der Waals surface area contributed by atoms with Crippen LogP contribution in [0.1, 0.15) is 17.9 Å². The molecule has 0 bridgehead atoms. The average molecular weight is 251 g/mol. The molecule has 3 N–H and O–H groups in total. The first-order valence-electron chi connectivity index (χ1n) is 5.92. The summed E-state index contributed by atoms with van der Waals surface area (Å²) < 4.78 is 5.09. The summed E-state index contributed by atoms with van der Waals surface area (Å²) in [5.74, 6) is 1.79. The normalized spacial score (nSPS) is 10.4. The molecule has 1 rings (SSSR count). The van der Waals surface area contributed by atoms with Gasteiger partial charge in [0.05, 0.1) is 12.4 Å². The van der Waals surface area contributed by atoms with E-state index in [9.17, 15) is 0 Å². The number of amidine groups is 1. The number of nitrogens with one attached hydrogen (secondary N) is 1. The van der Waals surface area contributed by atoms with Gasteiger partial charge in [-0.05, 0) is 13.8 Å². The van der Waals surface area contributed by atoms with Crippen LogP contribution in [0.3, 0.4) is 0 Å². The highest BCUT2D eigenvalue weighted by Gasteiger charge is 2.09. The van der Waals surface area contributed by atoms with E-state index >= 15 is 0 Å². The van der Waals surface area contributed by atoms with Crippen molar-refractivity contribution in [3.63, 3.8) is 0 Å². The molecular formula is C12H21N5O. The van der Waals surface area contributed by atoms with Crippen LogP contribution in [0.5, 0.6) is 0 Å². The molecule has 0 saturated heterocycles. The van der Waals surface area contributed by atoms with E-state index in [2.05, 4.69) is 14.9 Å². The largest absolute Gasteiger partial charge is 0.388 e. The third kappa shape index (κ3) is 4.67. The van der Waals surface area contributed by atoms with Crippen LogP contribution in [0.2, 0.25) is 0 Å². The molecule has 0 spiro atoms. The fourth-order valence-electron chi connectivity index (χ4n) is 1.66. The number of ether oxygens (including phenoxy) is 1. The zero-order valence-electron chi connectivity index (χ0n) is 11.2. The van der Waals surface area contributed by atoms with Crippen molar-refractivity contribution in [1.29, 1.82) is 5.41 Å². The second-order valence-corrected chi connectivity index (χ2v) is 4.17. The van der Waals surface area contributed by atoms with Crippen molar-refractivity contribution in [3.8, 4) is 0 Å². The number of hydrogen-bond acceptors (Lipinski definition) is 5. The van der Waals surface area contributed by atoms with Gasteiger partial charge in [0.25, 0.3) is 0 Å². The van der Waals surface area contributed by atoms with Gasteiger partial charge in [-0.3, -0.25) is 5.41 Å². The summed E-state index contributed by atoms with van der Waals surface area (Å²) in [5.41, 5.74) is 6.33. The number of nitrogens with zero attached hydrogens (tertiary/aromatic N) is 3. The van der Waals surface area contributed by atoms with Crippen LogP contribution in [-0.4, -0.2) is 42.6 Å². The number of nitrogens with two attached hydrogens (primary N) is 1. The quantitative estimate of drug-likeness (QED) is 0.554. The van der Waals surface area contributed by atoms with E-state index in [0.29, 0.717) is 19.6 Å². The molecule has 0 atom stereocenters. The van der Waals surface area contributed by atoms with Crippen LogP contribution in [-0.2, 0) is 4.74 Å². The molecule has 0 amide bonds. The fourth-order valence-corrected chi connectivity index (χ4v) is 1.66. The molecule has 1 heterocycles. The van der Waals surface area contributed by atoms with E-state index in [4.69, 9.17) is 15.9 Å². The molecule has 0 fully saturated rings. The Bertz CT molecular complexity index is 387. The zero-order valence-corrected chi connectivity index (χ0v) is 11.2. The summed E-state index contributed by atoms with van der Waals surface area (Å²) in [6.45, 7) is 5.81. The van der Waals surface area contributed by atoms with Crippen molar-refractivity contribution < 1.29 is 4.74 Å². The lowest BCUT2D eigenvalue weighted by molar-refractivity contribution is 0.205. The van der Waals surface area contributed by atoms with Crippen molar-refractivity contribution in [2.24, 2.45) is 5.73 Å². The highest BCUT2D eigenvalue weighted by Crippen LogP contribution is 2.12. The van der Waals surface area contributed by atoms with Crippen LogP contribution < -0.4 is 10.6 Å². The van der Waals surface area contributed by atoms with Gasteiger partial charge in [-0.15, -0.1) is 0 Å². The lowest BCUT2D eigenvalue weighted by atomic mass is 10.3. The Morgan fingerprint density at radius 2 is 2.11 bits per heavy atom. The number of rotatable bonds is 7. The van der Waals surface area contributed by atoms with Crippen molar-refractivity contribution in [2.75, 3.05) is 31.7 Å². The standard InChI is InChI=1S/C12H21N5O/c1-9-8-12(16-10(2)15-9)17(6-7-18-3)5-4-11(13)14/h8H,4-7H2,1-3H3,(H3,13,14). The minimum Gasteiger partial charge on any atom is -0.388 e. The van der Waals surface area contributed by atoms with Crippen LogP contribution in [0.25, 0.3) is 0 Å². The second-order valence-electron chi connectivity index (χ2n) is 4.17. The number of aryl methyl sites for hydroxylation is 2. The van der Waals surface area contributed by atoms with E-state index in [1.165, 1.54) is 0 Å². The van der Waals surface area contributed by atoms with E-state index in [1.54, 1.807) is 7.11 Å². The fraction of sp³-hybridized carbons (Fsp3) is 0.583. The first-order valence-corrected chi connectivity index (χ1v) is 5.92. The van der Waals surface area contributed by atoms with Crippen molar-refractivity contribution in [3.05, 3.63) is 17.6 Å². The Kier molecular flexibility index (Phi) is 5.51. The van der Waals surface area contributed by atoms with Crippen LogP contribution in [0.15, 0.2) is 6.07 Å². The van der Waals surface area contributed by atoms with Gasteiger partial charge in [0.2, 0.25) is 0 Å². The van der Waals surface area contributed by atoms with Gasteiger partial charge < -0.3 is 15.4 Å². The molecule has 1 aromatic heterocycles. The monoisotopic (exact) mass is 251 g/mol. The maximum absolute atomic E-state index is 7.30. The van der Waals surface area contributed by atoms with Gasteiger partial charge in [0, 0.05) is 38.4 Å². The summed E-state index contributed by atoms with van der Waals surface area (Å²) in [6, 6.07) is 1.93. The van der Waals surface area contributed by atoms with Gasteiger partial charge in [-0.1, -0.05) is 0 Å².